The van der Waals surface area contributed by atoms with E-state index >= 15 is 0 Å². The monoisotopic (exact) mass is 258 g/mol. The summed E-state index contributed by atoms with van der Waals surface area (Å²) >= 11 is 0. The highest BCUT2D eigenvalue weighted by molar-refractivity contribution is 5.89. The lowest BCUT2D eigenvalue weighted by molar-refractivity contribution is -0.152. The molecule has 18 heavy (non-hydrogen) atoms. The largest absolute Gasteiger partial charge is 0.479 e. The van der Waals surface area contributed by atoms with Crippen LogP contribution in [0, 0.1) is 5.92 Å². The average molecular weight is 258 g/mol. The summed E-state index contributed by atoms with van der Waals surface area (Å²) in [6, 6.07) is -0.773. The SMILES string of the molecule is CC(C)C(NC(=O)[C@@H]1CC[C@H](C(=O)O)O1)C(N)=O. The Balaban J connectivity index is 2.56. The Morgan fingerprint density at radius 1 is 1.28 bits per heavy atom. The molecule has 7 heteroatoms. The number of nitrogens with one attached hydrogen (secondary N) is 1. The van der Waals surface area contributed by atoms with E-state index in [-0.39, 0.29) is 12.3 Å². The van der Waals surface area contributed by atoms with Gasteiger partial charge in [0.15, 0.2) is 6.10 Å². The minimum Gasteiger partial charge on any atom is -0.479 e. The molecule has 0 aromatic heterocycles. The molecule has 1 aliphatic rings. The molecule has 0 aromatic carbocycles. The molecule has 2 amide bonds. The van der Waals surface area contributed by atoms with Crippen LogP contribution < -0.4 is 11.1 Å². The molecule has 0 saturated carbocycles. The van der Waals surface area contributed by atoms with Crippen LogP contribution in [0.25, 0.3) is 0 Å². The van der Waals surface area contributed by atoms with E-state index in [1.807, 2.05) is 0 Å². The van der Waals surface area contributed by atoms with Gasteiger partial charge < -0.3 is 20.9 Å². The second-order valence-electron chi connectivity index (χ2n) is 4.66. The van der Waals surface area contributed by atoms with Crippen molar-refractivity contribution in [3.8, 4) is 0 Å². The highest BCUT2D eigenvalue weighted by atomic mass is 16.5. The van der Waals surface area contributed by atoms with Gasteiger partial charge in [-0.1, -0.05) is 13.8 Å². The Morgan fingerprint density at radius 3 is 2.22 bits per heavy atom. The number of carboxylic acid groups (broad SMARTS) is 1. The second kappa shape index (κ2) is 5.81. The first-order valence-electron chi connectivity index (χ1n) is 5.81. The van der Waals surface area contributed by atoms with Gasteiger partial charge in [0.2, 0.25) is 11.8 Å². The second-order valence-corrected chi connectivity index (χ2v) is 4.66. The van der Waals surface area contributed by atoms with Crippen LogP contribution in [0.1, 0.15) is 26.7 Å². The van der Waals surface area contributed by atoms with Crippen molar-refractivity contribution in [1.82, 2.24) is 5.32 Å². The predicted molar refractivity (Wildman–Crippen MR) is 61.5 cm³/mol. The van der Waals surface area contributed by atoms with Crippen molar-refractivity contribution in [2.75, 3.05) is 0 Å². The number of aliphatic carboxylic acids is 1. The molecule has 0 spiro atoms. The molecule has 0 aliphatic carbocycles. The molecule has 1 saturated heterocycles. The molecule has 1 heterocycles. The zero-order valence-electron chi connectivity index (χ0n) is 10.4. The number of amides is 2. The van der Waals surface area contributed by atoms with Crippen LogP contribution >= 0.6 is 0 Å². The molecule has 102 valence electrons. The molecule has 1 fully saturated rings. The third-order valence-corrected chi connectivity index (χ3v) is 2.86. The number of carbonyl (C=O) groups excluding carboxylic acids is 2. The van der Waals surface area contributed by atoms with Crippen molar-refractivity contribution < 1.29 is 24.2 Å². The number of ether oxygens (including phenoxy) is 1. The molecular formula is C11H18N2O5. The molecule has 0 aromatic rings. The topological polar surface area (TPSA) is 119 Å². The summed E-state index contributed by atoms with van der Waals surface area (Å²) in [5.41, 5.74) is 5.17. The van der Waals surface area contributed by atoms with Crippen LogP contribution in [0.4, 0.5) is 0 Å². The summed E-state index contributed by atoms with van der Waals surface area (Å²) in [6.45, 7) is 3.51. The van der Waals surface area contributed by atoms with Gasteiger partial charge in [0, 0.05) is 0 Å². The Labute approximate surface area is 105 Å². The summed E-state index contributed by atoms with van der Waals surface area (Å²) in [5.74, 6) is -2.33. The maximum atomic E-state index is 11.8. The van der Waals surface area contributed by atoms with Crippen LogP contribution in [0.15, 0.2) is 0 Å². The Bertz CT molecular complexity index is 355. The van der Waals surface area contributed by atoms with Crippen molar-refractivity contribution in [1.29, 1.82) is 0 Å². The number of rotatable bonds is 5. The van der Waals surface area contributed by atoms with E-state index < -0.39 is 36.0 Å². The van der Waals surface area contributed by atoms with Crippen LogP contribution in [0.2, 0.25) is 0 Å². The van der Waals surface area contributed by atoms with E-state index in [4.69, 9.17) is 15.6 Å². The Hall–Kier alpha value is -1.63. The minimum atomic E-state index is -1.08. The number of hydrogen-bond donors (Lipinski definition) is 3. The van der Waals surface area contributed by atoms with Crippen LogP contribution in [0.5, 0.6) is 0 Å². The van der Waals surface area contributed by atoms with E-state index in [9.17, 15) is 14.4 Å². The lowest BCUT2D eigenvalue weighted by atomic mass is 10.0. The number of carboxylic acids is 1. The van der Waals surface area contributed by atoms with Gasteiger partial charge in [-0.25, -0.2) is 4.79 Å². The molecule has 7 nitrogen and oxygen atoms in total. The van der Waals surface area contributed by atoms with Crippen molar-refractivity contribution in [2.45, 2.75) is 44.9 Å². The van der Waals surface area contributed by atoms with Gasteiger partial charge in [0.1, 0.15) is 12.1 Å². The zero-order chi connectivity index (χ0) is 13.9. The third kappa shape index (κ3) is 3.43. The molecular weight excluding hydrogens is 240 g/mol. The molecule has 1 rings (SSSR count). The summed E-state index contributed by atoms with van der Waals surface area (Å²) in [4.78, 5) is 33.6. The smallest absolute Gasteiger partial charge is 0.332 e. The van der Waals surface area contributed by atoms with Crippen LogP contribution in [-0.4, -0.2) is 41.1 Å². The van der Waals surface area contributed by atoms with Crippen molar-refractivity contribution >= 4 is 17.8 Å². The molecule has 0 bridgehead atoms. The highest BCUT2D eigenvalue weighted by Gasteiger charge is 2.36. The summed E-state index contributed by atoms with van der Waals surface area (Å²) in [7, 11) is 0. The van der Waals surface area contributed by atoms with Gasteiger partial charge in [-0.3, -0.25) is 9.59 Å². The number of primary amides is 1. The lowest BCUT2D eigenvalue weighted by Crippen LogP contribution is -2.50. The van der Waals surface area contributed by atoms with E-state index in [2.05, 4.69) is 5.32 Å². The maximum Gasteiger partial charge on any atom is 0.332 e. The molecule has 4 N–H and O–H groups in total. The normalized spacial score (nSPS) is 24.8. The maximum absolute atomic E-state index is 11.8. The zero-order valence-corrected chi connectivity index (χ0v) is 10.4. The van der Waals surface area contributed by atoms with Crippen LogP contribution in [0.3, 0.4) is 0 Å². The van der Waals surface area contributed by atoms with E-state index in [0.717, 1.165) is 0 Å². The van der Waals surface area contributed by atoms with Gasteiger partial charge in [-0.2, -0.15) is 0 Å². The van der Waals surface area contributed by atoms with Crippen molar-refractivity contribution in [2.24, 2.45) is 11.7 Å². The first-order chi connectivity index (χ1) is 8.32. The fourth-order valence-corrected chi connectivity index (χ4v) is 1.82. The number of hydrogen-bond acceptors (Lipinski definition) is 4. The van der Waals surface area contributed by atoms with Gasteiger partial charge in [0.25, 0.3) is 0 Å². The quantitative estimate of drug-likeness (QED) is 0.599. The summed E-state index contributed by atoms with van der Waals surface area (Å²) in [6.07, 6.45) is -1.17. The van der Waals surface area contributed by atoms with E-state index in [1.165, 1.54) is 0 Å². The molecule has 3 atom stereocenters. The average Bonchev–Trinajstić information content (AvgIpc) is 2.73. The molecule has 1 unspecified atom stereocenters. The highest BCUT2D eigenvalue weighted by Crippen LogP contribution is 2.20. The van der Waals surface area contributed by atoms with Gasteiger partial charge >= 0.3 is 5.97 Å². The first-order valence-corrected chi connectivity index (χ1v) is 5.81. The van der Waals surface area contributed by atoms with Gasteiger partial charge in [-0.05, 0) is 18.8 Å². The summed E-state index contributed by atoms with van der Waals surface area (Å²) < 4.78 is 5.08. The van der Waals surface area contributed by atoms with Crippen molar-refractivity contribution in [3.63, 3.8) is 0 Å². The fourth-order valence-electron chi connectivity index (χ4n) is 1.82. The van der Waals surface area contributed by atoms with E-state index in [1.54, 1.807) is 13.8 Å². The predicted octanol–water partition coefficient (Wildman–Crippen LogP) is -0.755. The Morgan fingerprint density at radius 2 is 1.83 bits per heavy atom. The third-order valence-electron chi connectivity index (χ3n) is 2.86. The van der Waals surface area contributed by atoms with Crippen LogP contribution in [-0.2, 0) is 19.1 Å². The fraction of sp³-hybridized carbons (Fsp3) is 0.727. The molecule has 0 radical (unpaired) electrons. The van der Waals surface area contributed by atoms with E-state index in [0.29, 0.717) is 6.42 Å². The van der Waals surface area contributed by atoms with Gasteiger partial charge in [0.05, 0.1) is 0 Å². The standard InChI is InChI=1S/C11H18N2O5/c1-5(2)8(9(12)14)13-10(15)6-3-4-7(18-6)11(16)17/h5-8H,3-4H2,1-2H3,(H2,12,14)(H,13,15)(H,16,17)/t6-,7+,8?/m0/s1. The summed E-state index contributed by atoms with van der Waals surface area (Å²) in [5, 5.41) is 11.2. The van der Waals surface area contributed by atoms with Crippen molar-refractivity contribution in [3.05, 3.63) is 0 Å². The minimum absolute atomic E-state index is 0.136. The Kier molecular flexibility index (Phi) is 4.66. The first kappa shape index (κ1) is 14.4. The van der Waals surface area contributed by atoms with Gasteiger partial charge in [-0.15, -0.1) is 0 Å². The molecule has 1 aliphatic heterocycles. The lowest BCUT2D eigenvalue weighted by Gasteiger charge is -2.21. The number of carbonyl (C=O) groups is 3. The number of nitrogens with two attached hydrogens (primary N) is 1.